The van der Waals surface area contributed by atoms with Gasteiger partial charge in [0.05, 0.1) is 17.7 Å². The Kier molecular flexibility index (Phi) is 8.33. The lowest BCUT2D eigenvalue weighted by Crippen LogP contribution is -2.62. The van der Waals surface area contributed by atoms with Crippen molar-refractivity contribution in [1.82, 2.24) is 20.2 Å². The number of aromatic nitrogens is 2. The largest absolute Gasteiger partial charge is 0.498 e. The van der Waals surface area contributed by atoms with E-state index in [-0.39, 0.29) is 37.4 Å². The van der Waals surface area contributed by atoms with E-state index in [0.717, 1.165) is 0 Å². The molecule has 12 nitrogen and oxygen atoms in total. The summed E-state index contributed by atoms with van der Waals surface area (Å²) in [5.74, 6) is -1.48. The van der Waals surface area contributed by atoms with Crippen LogP contribution in [0.15, 0.2) is 12.4 Å². The average molecular weight is 533 g/mol. The van der Waals surface area contributed by atoms with E-state index < -0.39 is 48.1 Å². The molecular weight excluding hydrogens is 493 g/mol. The van der Waals surface area contributed by atoms with E-state index in [1.165, 1.54) is 4.90 Å². The minimum absolute atomic E-state index is 0.0876. The fourth-order valence-electron chi connectivity index (χ4n) is 4.16. The third-order valence-electron chi connectivity index (χ3n) is 7.02. The number of carboxylic acids is 1. The van der Waals surface area contributed by atoms with Crippen LogP contribution in [0.5, 0.6) is 0 Å². The molecule has 0 unspecified atom stereocenters. The van der Waals surface area contributed by atoms with Crippen molar-refractivity contribution in [3.63, 3.8) is 0 Å². The Labute approximate surface area is 224 Å². The number of alkyl carbamates (subject to hydrolysis) is 1. The van der Waals surface area contributed by atoms with Gasteiger partial charge in [0.15, 0.2) is 0 Å². The molecule has 2 aliphatic heterocycles. The zero-order valence-corrected chi connectivity index (χ0v) is 23.8. The summed E-state index contributed by atoms with van der Waals surface area (Å²) in [6.45, 7) is 17.0. The summed E-state index contributed by atoms with van der Waals surface area (Å²) in [7, 11) is -0.635. The first-order chi connectivity index (χ1) is 17.4. The fourth-order valence-corrected chi connectivity index (χ4v) is 4.16. The predicted molar refractivity (Wildman–Crippen MR) is 141 cm³/mol. The minimum atomic E-state index is -1.11. The van der Waals surface area contributed by atoms with Gasteiger partial charge in [-0.25, -0.2) is 19.6 Å². The molecule has 210 valence electrons. The highest BCUT2D eigenvalue weighted by atomic mass is 16.7. The molecule has 2 fully saturated rings. The molecule has 38 heavy (non-hydrogen) atoms. The van der Waals surface area contributed by atoms with Gasteiger partial charge < -0.3 is 34.3 Å². The number of piperazine rings is 1. The molecule has 2 atom stereocenters. The highest BCUT2D eigenvalue weighted by Gasteiger charge is 2.52. The van der Waals surface area contributed by atoms with E-state index in [4.69, 9.17) is 14.0 Å². The molecule has 2 N–H and O–H groups in total. The van der Waals surface area contributed by atoms with E-state index in [1.807, 2.05) is 27.7 Å². The molecule has 0 bridgehead atoms. The van der Waals surface area contributed by atoms with Crippen LogP contribution in [0.4, 0.5) is 10.7 Å². The summed E-state index contributed by atoms with van der Waals surface area (Å²) in [6.07, 6.45) is 2.44. The van der Waals surface area contributed by atoms with Crippen LogP contribution in [0.2, 0.25) is 0 Å². The number of rotatable bonds is 6. The Balaban J connectivity index is 1.71. The maximum atomic E-state index is 13.3. The summed E-state index contributed by atoms with van der Waals surface area (Å²) in [5.41, 5.74) is -1.12. The minimum Gasteiger partial charge on any atom is -0.480 e. The smallest absolute Gasteiger partial charge is 0.480 e. The number of nitrogens with zero attached hydrogens (tertiary/aromatic N) is 4. The standard InChI is InChI=1S/C25H40BN5O7/c1-15(2)18(29-22(35)36-23(3,4)5)19(32)30-10-11-31(17(14-30)20(33)34)21-27-12-16(13-28-21)26-37-24(6,7)25(8,9)38-26/h12-13,15,17-18H,10-11,14H2,1-9H3,(H,29,35)(H,33,34)/t17-,18-/m1/s1. The molecule has 0 saturated carbocycles. The monoisotopic (exact) mass is 533 g/mol. The van der Waals surface area contributed by atoms with E-state index in [2.05, 4.69) is 15.3 Å². The van der Waals surface area contributed by atoms with Crippen LogP contribution in [0.25, 0.3) is 0 Å². The summed E-state index contributed by atoms with van der Waals surface area (Å²) >= 11 is 0. The lowest BCUT2D eigenvalue weighted by atomic mass is 9.81. The molecule has 13 heteroatoms. The average Bonchev–Trinajstić information content (AvgIpc) is 3.02. The number of anilines is 1. The van der Waals surface area contributed by atoms with Gasteiger partial charge in [0.25, 0.3) is 0 Å². The van der Waals surface area contributed by atoms with Crippen molar-refractivity contribution in [3.8, 4) is 0 Å². The number of carbonyl (C=O) groups is 3. The highest BCUT2D eigenvalue weighted by molar-refractivity contribution is 6.61. The van der Waals surface area contributed by atoms with E-state index in [1.54, 1.807) is 51.9 Å². The van der Waals surface area contributed by atoms with Crippen molar-refractivity contribution in [3.05, 3.63) is 12.4 Å². The molecule has 0 spiro atoms. The van der Waals surface area contributed by atoms with Crippen LogP contribution in [-0.4, -0.2) is 93.6 Å². The van der Waals surface area contributed by atoms with E-state index in [9.17, 15) is 19.5 Å². The molecule has 0 radical (unpaired) electrons. The second-order valence-corrected chi connectivity index (χ2v) is 12.1. The topological polar surface area (TPSA) is 143 Å². The number of hydrogen-bond donors (Lipinski definition) is 2. The second kappa shape index (κ2) is 10.7. The quantitative estimate of drug-likeness (QED) is 0.516. The van der Waals surface area contributed by atoms with Crippen LogP contribution in [0, 0.1) is 5.92 Å². The number of nitrogens with one attached hydrogen (secondary N) is 1. The van der Waals surface area contributed by atoms with Gasteiger partial charge >= 0.3 is 19.2 Å². The zero-order chi connectivity index (χ0) is 28.6. The summed E-state index contributed by atoms with van der Waals surface area (Å²) < 4.78 is 17.4. The van der Waals surface area contributed by atoms with Gasteiger partial charge in [-0.1, -0.05) is 13.8 Å². The number of amides is 2. The first-order valence-corrected chi connectivity index (χ1v) is 12.9. The maximum absolute atomic E-state index is 13.3. The zero-order valence-electron chi connectivity index (χ0n) is 23.8. The Morgan fingerprint density at radius 2 is 1.66 bits per heavy atom. The van der Waals surface area contributed by atoms with Crippen molar-refractivity contribution in [2.24, 2.45) is 5.92 Å². The molecule has 3 heterocycles. The number of hydrogen-bond acceptors (Lipinski definition) is 9. The molecule has 0 aromatic carbocycles. The van der Waals surface area contributed by atoms with Gasteiger partial charge in [-0.3, -0.25) is 4.79 Å². The van der Waals surface area contributed by atoms with Gasteiger partial charge in [-0.05, 0) is 54.4 Å². The first-order valence-electron chi connectivity index (χ1n) is 12.9. The molecular formula is C25H40BN5O7. The highest BCUT2D eigenvalue weighted by Crippen LogP contribution is 2.36. The lowest BCUT2D eigenvalue weighted by Gasteiger charge is -2.41. The Morgan fingerprint density at radius 3 is 2.13 bits per heavy atom. The van der Waals surface area contributed by atoms with Gasteiger partial charge in [0.2, 0.25) is 11.9 Å². The SMILES string of the molecule is CC(C)[C@@H](NC(=O)OC(C)(C)C)C(=O)N1CCN(c2ncc(B3OC(C)(C)C(C)(C)O3)cn2)[C@@H](C(=O)O)C1. The predicted octanol–water partition coefficient (Wildman–Crippen LogP) is 1.43. The van der Waals surface area contributed by atoms with Crippen molar-refractivity contribution >= 4 is 36.5 Å². The Hall–Kier alpha value is -2.93. The van der Waals surface area contributed by atoms with Crippen molar-refractivity contribution in [2.75, 3.05) is 24.5 Å². The van der Waals surface area contributed by atoms with E-state index in [0.29, 0.717) is 5.46 Å². The number of aliphatic carboxylic acids is 1. The molecule has 1 aromatic rings. The summed E-state index contributed by atoms with van der Waals surface area (Å²) in [4.78, 5) is 49.7. The van der Waals surface area contributed by atoms with Crippen LogP contribution < -0.4 is 15.7 Å². The normalized spacial score (nSPS) is 21.8. The summed E-state index contributed by atoms with van der Waals surface area (Å²) in [6, 6.07) is -1.92. The first kappa shape index (κ1) is 29.6. The second-order valence-electron chi connectivity index (χ2n) is 12.1. The van der Waals surface area contributed by atoms with Crippen LogP contribution in [-0.2, 0) is 23.6 Å². The summed E-state index contributed by atoms with van der Waals surface area (Å²) in [5, 5.41) is 12.6. The number of carboxylic acid groups (broad SMARTS) is 1. The maximum Gasteiger partial charge on any atom is 0.498 e. The molecule has 1 aromatic heterocycles. The van der Waals surface area contributed by atoms with Crippen molar-refractivity contribution < 1.29 is 33.5 Å². The molecule has 2 saturated heterocycles. The number of carbonyl (C=O) groups excluding carboxylic acids is 2. The molecule has 2 aliphatic rings. The van der Waals surface area contributed by atoms with Crippen LogP contribution in [0.3, 0.4) is 0 Å². The van der Waals surface area contributed by atoms with Gasteiger partial charge in [-0.15, -0.1) is 0 Å². The van der Waals surface area contributed by atoms with Crippen LogP contribution in [0.1, 0.15) is 62.3 Å². The third kappa shape index (κ3) is 6.55. The van der Waals surface area contributed by atoms with E-state index >= 15 is 0 Å². The molecule has 3 rings (SSSR count). The van der Waals surface area contributed by atoms with Gasteiger partial charge in [0.1, 0.15) is 17.7 Å². The van der Waals surface area contributed by atoms with Crippen molar-refractivity contribution in [2.45, 2.75) is 91.2 Å². The van der Waals surface area contributed by atoms with Crippen LogP contribution >= 0.6 is 0 Å². The Morgan fingerprint density at radius 1 is 1.11 bits per heavy atom. The fraction of sp³-hybridized carbons (Fsp3) is 0.720. The van der Waals surface area contributed by atoms with Gasteiger partial charge in [0, 0.05) is 30.9 Å². The van der Waals surface area contributed by atoms with Gasteiger partial charge in [-0.2, -0.15) is 0 Å². The van der Waals surface area contributed by atoms with Crippen molar-refractivity contribution in [1.29, 1.82) is 0 Å². The third-order valence-corrected chi connectivity index (χ3v) is 7.02. The molecule has 0 aliphatic carbocycles. The lowest BCUT2D eigenvalue weighted by molar-refractivity contribution is -0.142. The number of ether oxygens (including phenoxy) is 1. The Bertz CT molecular complexity index is 1030. The molecule has 2 amide bonds.